The number of nitrogens with zero attached hydrogens (tertiary/aromatic N) is 4. The first-order valence-electron chi connectivity index (χ1n) is 10.3. The molecule has 2 aromatic heterocycles. The van der Waals surface area contributed by atoms with Gasteiger partial charge in [0.1, 0.15) is 11.4 Å². The van der Waals surface area contributed by atoms with Crippen molar-refractivity contribution in [2.24, 2.45) is 0 Å². The molecular formula is C21H25F3N4O3. The van der Waals surface area contributed by atoms with Gasteiger partial charge >= 0.3 is 6.09 Å². The minimum absolute atomic E-state index is 0.178. The minimum Gasteiger partial charge on any atom is -0.444 e. The molecule has 4 rings (SSSR count). The molecule has 1 saturated carbocycles. The topological polar surface area (TPSA) is 81.4 Å². The van der Waals surface area contributed by atoms with Crippen molar-refractivity contribution in [2.45, 2.75) is 69.3 Å². The van der Waals surface area contributed by atoms with Crippen LogP contribution < -0.4 is 0 Å². The minimum atomic E-state index is -2.70. The van der Waals surface area contributed by atoms with Crippen LogP contribution >= 0.6 is 0 Å². The maximum atomic E-state index is 13.5. The lowest BCUT2D eigenvalue weighted by Crippen LogP contribution is -2.48. The summed E-state index contributed by atoms with van der Waals surface area (Å²) in [6.45, 7) is 6.09. The van der Waals surface area contributed by atoms with E-state index in [0.29, 0.717) is 37.4 Å². The second kappa shape index (κ2) is 7.49. The molecule has 31 heavy (non-hydrogen) atoms. The van der Waals surface area contributed by atoms with Gasteiger partial charge in [-0.3, -0.25) is 4.98 Å². The normalized spacial score (nSPS) is 20.9. The van der Waals surface area contributed by atoms with E-state index < -0.39 is 34.8 Å². The molecule has 0 aromatic carbocycles. The van der Waals surface area contributed by atoms with Crippen molar-refractivity contribution < 1.29 is 27.2 Å². The van der Waals surface area contributed by atoms with Gasteiger partial charge in [0.15, 0.2) is 5.82 Å². The van der Waals surface area contributed by atoms with Crippen LogP contribution in [0, 0.1) is 5.82 Å². The van der Waals surface area contributed by atoms with Crippen molar-refractivity contribution in [1.29, 1.82) is 0 Å². The summed E-state index contributed by atoms with van der Waals surface area (Å²) in [6.07, 6.45) is 0.880. The summed E-state index contributed by atoms with van der Waals surface area (Å²) in [7, 11) is 0. The number of likely N-dealkylation sites (tertiary alicyclic amines) is 1. The molecule has 2 aliphatic rings. The third-order valence-corrected chi connectivity index (χ3v) is 5.80. The first-order valence-corrected chi connectivity index (χ1v) is 10.3. The molecule has 168 valence electrons. The number of aromatic nitrogens is 3. The predicted molar refractivity (Wildman–Crippen MR) is 103 cm³/mol. The number of hydrogen-bond donors (Lipinski definition) is 0. The van der Waals surface area contributed by atoms with Gasteiger partial charge < -0.3 is 14.2 Å². The lowest BCUT2D eigenvalue weighted by atomic mass is 9.74. The molecule has 1 amide bonds. The molecule has 0 radical (unpaired) electrons. The van der Waals surface area contributed by atoms with E-state index in [4.69, 9.17) is 9.26 Å². The van der Waals surface area contributed by atoms with Gasteiger partial charge in [0, 0.05) is 31.8 Å². The highest BCUT2D eigenvalue weighted by Crippen LogP contribution is 2.48. The first kappa shape index (κ1) is 21.6. The first-order chi connectivity index (χ1) is 14.5. The average molecular weight is 438 g/mol. The van der Waals surface area contributed by atoms with E-state index in [9.17, 15) is 18.0 Å². The molecule has 7 nitrogen and oxygen atoms in total. The van der Waals surface area contributed by atoms with E-state index in [1.807, 2.05) is 0 Å². The number of amides is 1. The standard InChI is InChI=1S/C21H25F3N4O3/c1-19(2,3)30-18(29)28-8-6-20(7-9-28,15-5-4-14(22)12-25-15)17-26-16(31-27-17)13-10-21(23,24)11-13/h4-5,12-13H,6-11H2,1-3H3. The Balaban J connectivity index is 1.59. The predicted octanol–water partition coefficient (Wildman–Crippen LogP) is 4.43. The van der Waals surface area contributed by atoms with Crippen LogP contribution in [0.5, 0.6) is 0 Å². The fraction of sp³-hybridized carbons (Fsp3) is 0.619. The van der Waals surface area contributed by atoms with Gasteiger partial charge in [-0.05, 0) is 45.7 Å². The molecule has 0 unspecified atom stereocenters. The molecule has 3 heterocycles. The van der Waals surface area contributed by atoms with E-state index in [-0.39, 0.29) is 18.7 Å². The van der Waals surface area contributed by atoms with Crippen LogP contribution in [0.3, 0.4) is 0 Å². The second-order valence-electron chi connectivity index (χ2n) is 9.33. The van der Waals surface area contributed by atoms with Gasteiger partial charge in [-0.15, -0.1) is 0 Å². The number of carbonyl (C=O) groups is 1. The van der Waals surface area contributed by atoms with Crippen molar-refractivity contribution in [3.05, 3.63) is 41.6 Å². The Kier molecular flexibility index (Phi) is 5.21. The number of rotatable bonds is 3. The molecular weight excluding hydrogens is 413 g/mol. The van der Waals surface area contributed by atoms with Crippen LogP contribution in [-0.2, 0) is 10.2 Å². The maximum Gasteiger partial charge on any atom is 0.410 e. The van der Waals surface area contributed by atoms with E-state index in [1.165, 1.54) is 6.07 Å². The van der Waals surface area contributed by atoms with Gasteiger partial charge in [0.2, 0.25) is 11.8 Å². The van der Waals surface area contributed by atoms with Gasteiger partial charge in [-0.1, -0.05) is 5.16 Å². The zero-order valence-corrected chi connectivity index (χ0v) is 17.7. The van der Waals surface area contributed by atoms with Crippen LogP contribution in [-0.4, -0.2) is 50.7 Å². The Morgan fingerprint density at radius 1 is 1.23 bits per heavy atom. The molecule has 2 fully saturated rings. The third kappa shape index (κ3) is 4.38. The number of halogens is 3. The highest BCUT2D eigenvalue weighted by molar-refractivity contribution is 5.68. The summed E-state index contributed by atoms with van der Waals surface area (Å²) >= 11 is 0. The van der Waals surface area contributed by atoms with E-state index in [1.54, 1.807) is 31.7 Å². The van der Waals surface area contributed by atoms with Crippen molar-refractivity contribution in [3.8, 4) is 0 Å². The third-order valence-electron chi connectivity index (χ3n) is 5.80. The van der Waals surface area contributed by atoms with Crippen LogP contribution in [0.1, 0.15) is 69.8 Å². The molecule has 10 heteroatoms. The van der Waals surface area contributed by atoms with Crippen molar-refractivity contribution >= 4 is 6.09 Å². The smallest absolute Gasteiger partial charge is 0.410 e. The summed E-state index contributed by atoms with van der Waals surface area (Å²) < 4.78 is 50.8. The Labute approximate surface area is 178 Å². The van der Waals surface area contributed by atoms with Crippen molar-refractivity contribution in [2.75, 3.05) is 13.1 Å². The van der Waals surface area contributed by atoms with Crippen LogP contribution in [0.4, 0.5) is 18.0 Å². The molecule has 1 aliphatic heterocycles. The SMILES string of the molecule is CC(C)(C)OC(=O)N1CCC(c2ccc(F)cn2)(c2noc(C3CC(F)(F)C3)n2)CC1. The highest BCUT2D eigenvalue weighted by atomic mass is 19.3. The summed E-state index contributed by atoms with van der Waals surface area (Å²) in [6, 6.07) is 2.86. The zero-order valence-electron chi connectivity index (χ0n) is 17.7. The van der Waals surface area contributed by atoms with Gasteiger partial charge in [0.05, 0.1) is 17.3 Å². The quantitative estimate of drug-likeness (QED) is 0.705. The van der Waals surface area contributed by atoms with Crippen molar-refractivity contribution in [3.63, 3.8) is 0 Å². The van der Waals surface area contributed by atoms with Gasteiger partial charge in [-0.2, -0.15) is 4.98 Å². The lowest BCUT2D eigenvalue weighted by Gasteiger charge is -2.39. The summed E-state index contributed by atoms with van der Waals surface area (Å²) in [5.41, 5.74) is -0.887. The summed E-state index contributed by atoms with van der Waals surface area (Å²) in [4.78, 5) is 22.7. The molecule has 0 bridgehead atoms. The zero-order chi connectivity index (χ0) is 22.4. The van der Waals surface area contributed by atoms with Gasteiger partial charge in [-0.25, -0.2) is 18.0 Å². The number of hydrogen-bond acceptors (Lipinski definition) is 6. The Hall–Kier alpha value is -2.65. The largest absolute Gasteiger partial charge is 0.444 e. The Morgan fingerprint density at radius 2 is 1.90 bits per heavy atom. The Morgan fingerprint density at radius 3 is 2.45 bits per heavy atom. The fourth-order valence-electron chi connectivity index (χ4n) is 4.08. The van der Waals surface area contributed by atoms with Gasteiger partial charge in [0.25, 0.3) is 0 Å². The number of alkyl halides is 2. The number of carbonyl (C=O) groups excluding carboxylic acids is 1. The number of pyridine rings is 1. The van der Waals surface area contributed by atoms with Crippen LogP contribution in [0.25, 0.3) is 0 Å². The summed E-state index contributed by atoms with van der Waals surface area (Å²) in [5, 5.41) is 4.09. The van der Waals surface area contributed by atoms with E-state index in [0.717, 1.165) is 6.20 Å². The van der Waals surface area contributed by atoms with Crippen LogP contribution in [0.15, 0.2) is 22.9 Å². The summed E-state index contributed by atoms with van der Waals surface area (Å²) in [5.74, 6) is -3.15. The second-order valence-corrected chi connectivity index (χ2v) is 9.33. The highest BCUT2D eigenvalue weighted by Gasteiger charge is 2.50. The Bertz CT molecular complexity index is 940. The van der Waals surface area contributed by atoms with Crippen LogP contribution in [0.2, 0.25) is 0 Å². The molecule has 1 saturated heterocycles. The average Bonchev–Trinajstić information content (AvgIpc) is 3.15. The monoisotopic (exact) mass is 438 g/mol. The fourth-order valence-corrected chi connectivity index (χ4v) is 4.08. The number of piperidine rings is 1. The lowest BCUT2D eigenvalue weighted by molar-refractivity contribution is -0.0925. The molecule has 0 atom stereocenters. The number of ether oxygens (including phenoxy) is 1. The van der Waals surface area contributed by atoms with E-state index >= 15 is 0 Å². The molecule has 1 aliphatic carbocycles. The van der Waals surface area contributed by atoms with Crippen molar-refractivity contribution in [1.82, 2.24) is 20.0 Å². The van der Waals surface area contributed by atoms with E-state index in [2.05, 4.69) is 15.1 Å². The molecule has 0 spiro atoms. The molecule has 0 N–H and O–H groups in total. The maximum absolute atomic E-state index is 13.5. The molecule has 2 aromatic rings.